The molecule has 0 saturated carbocycles. The Labute approximate surface area is 121 Å². The van der Waals surface area contributed by atoms with Crippen molar-refractivity contribution < 1.29 is 4.92 Å². The average Bonchev–Trinajstić information content (AvgIpc) is 2.35. The Morgan fingerprint density at radius 1 is 1.53 bits per heavy atom. The summed E-state index contributed by atoms with van der Waals surface area (Å²) in [5, 5.41) is 16.9. The fourth-order valence-corrected chi connectivity index (χ4v) is 1.64. The van der Waals surface area contributed by atoms with E-state index in [4.69, 9.17) is 11.6 Å². The molecule has 6 nitrogen and oxygen atoms in total. The average molecular weight is 303 g/mol. The van der Waals surface area contributed by atoms with Crippen LogP contribution in [0.25, 0.3) is 0 Å². The molecule has 0 atom stereocenters. The van der Waals surface area contributed by atoms with E-state index in [0.29, 0.717) is 18.2 Å². The maximum atomic E-state index is 10.1. The van der Waals surface area contributed by atoms with Crippen LogP contribution in [0.3, 0.4) is 0 Å². The summed E-state index contributed by atoms with van der Waals surface area (Å²) in [7, 11) is 0. The van der Waals surface area contributed by atoms with Crippen LogP contribution in [0, 0.1) is 10.1 Å². The van der Waals surface area contributed by atoms with E-state index in [1.54, 1.807) is 12.3 Å². The van der Waals surface area contributed by atoms with Gasteiger partial charge in [0.15, 0.2) is 0 Å². The third kappa shape index (κ3) is 7.66. The molecular weight excluding hydrogens is 288 g/mol. The number of thiol groups is 1. The second-order valence-corrected chi connectivity index (χ2v) is 4.62. The summed E-state index contributed by atoms with van der Waals surface area (Å²) < 4.78 is 0. The molecule has 0 unspecified atom stereocenters. The number of hydrogen-bond acceptors (Lipinski definition) is 6. The molecule has 2 N–H and O–H groups in total. The lowest BCUT2D eigenvalue weighted by atomic mass is 10.3. The fourth-order valence-electron chi connectivity index (χ4n) is 1.32. The van der Waals surface area contributed by atoms with Crippen molar-refractivity contribution in [2.45, 2.75) is 13.0 Å². The normalized spacial score (nSPS) is 11.4. The van der Waals surface area contributed by atoms with Crippen LogP contribution in [0.15, 0.2) is 29.6 Å². The van der Waals surface area contributed by atoms with E-state index in [9.17, 15) is 10.1 Å². The van der Waals surface area contributed by atoms with Gasteiger partial charge in [0.25, 0.3) is 6.20 Å². The van der Waals surface area contributed by atoms with E-state index in [-0.39, 0.29) is 5.03 Å². The van der Waals surface area contributed by atoms with Gasteiger partial charge in [-0.3, -0.25) is 10.1 Å². The van der Waals surface area contributed by atoms with Gasteiger partial charge in [-0.1, -0.05) is 17.7 Å². The first-order valence-corrected chi connectivity index (χ1v) is 6.50. The Morgan fingerprint density at radius 2 is 2.32 bits per heavy atom. The molecule has 0 aliphatic rings. The van der Waals surface area contributed by atoms with Crippen molar-refractivity contribution in [1.82, 2.24) is 15.6 Å². The largest absolute Gasteiger partial charge is 0.375 e. The summed E-state index contributed by atoms with van der Waals surface area (Å²) in [6.07, 6.45) is 3.38. The molecular formula is C11H15ClN4O2S. The highest BCUT2D eigenvalue weighted by Gasteiger charge is 1.97. The van der Waals surface area contributed by atoms with Crippen molar-refractivity contribution in [2.75, 3.05) is 13.1 Å². The molecule has 0 bridgehead atoms. The molecule has 8 heteroatoms. The van der Waals surface area contributed by atoms with Gasteiger partial charge in [-0.2, -0.15) is 0 Å². The van der Waals surface area contributed by atoms with E-state index >= 15 is 0 Å². The molecule has 0 aliphatic heterocycles. The van der Waals surface area contributed by atoms with Gasteiger partial charge in [0.2, 0.25) is 0 Å². The molecule has 1 heterocycles. The van der Waals surface area contributed by atoms with Gasteiger partial charge in [0.05, 0.1) is 4.92 Å². The van der Waals surface area contributed by atoms with Gasteiger partial charge >= 0.3 is 0 Å². The predicted octanol–water partition coefficient (Wildman–Crippen LogP) is 1.81. The Morgan fingerprint density at radius 3 is 2.95 bits per heavy atom. The molecule has 0 fully saturated rings. The molecule has 0 saturated heterocycles. The first-order chi connectivity index (χ1) is 9.08. The van der Waals surface area contributed by atoms with Crippen LogP contribution in [0.5, 0.6) is 0 Å². The minimum absolute atomic E-state index is 0.256. The Kier molecular flexibility index (Phi) is 7.24. The summed E-state index contributed by atoms with van der Waals surface area (Å²) in [5.41, 5.74) is 1.06. The van der Waals surface area contributed by atoms with Crippen molar-refractivity contribution in [3.05, 3.63) is 50.4 Å². The molecule has 0 spiro atoms. The lowest BCUT2D eigenvalue weighted by Gasteiger charge is -2.06. The zero-order valence-corrected chi connectivity index (χ0v) is 11.8. The molecule has 1 rings (SSSR count). The van der Waals surface area contributed by atoms with Crippen LogP contribution in [0.4, 0.5) is 0 Å². The molecule has 0 amide bonds. The lowest BCUT2D eigenvalue weighted by molar-refractivity contribution is -0.403. The fraction of sp³-hybridized carbons (Fsp3) is 0.364. The third-order valence-electron chi connectivity index (χ3n) is 2.18. The van der Waals surface area contributed by atoms with Crippen LogP contribution in [-0.4, -0.2) is 23.0 Å². The smallest absolute Gasteiger partial charge is 0.263 e. The minimum atomic E-state index is -0.541. The first-order valence-electron chi connectivity index (χ1n) is 5.67. The van der Waals surface area contributed by atoms with Crippen molar-refractivity contribution in [3.63, 3.8) is 0 Å². The third-order valence-corrected chi connectivity index (χ3v) is 2.68. The predicted molar refractivity (Wildman–Crippen MR) is 77.6 cm³/mol. The van der Waals surface area contributed by atoms with E-state index < -0.39 is 4.92 Å². The molecule has 19 heavy (non-hydrogen) atoms. The Balaban J connectivity index is 2.08. The summed E-state index contributed by atoms with van der Waals surface area (Å²) >= 11 is 9.61. The zero-order chi connectivity index (χ0) is 14.1. The number of nitrogens with zero attached hydrogens (tertiary/aromatic N) is 2. The second-order valence-electron chi connectivity index (χ2n) is 3.75. The number of pyridine rings is 1. The first kappa shape index (κ1) is 15.7. The van der Waals surface area contributed by atoms with Crippen LogP contribution in [0.1, 0.15) is 12.0 Å². The van der Waals surface area contributed by atoms with Gasteiger partial charge in [-0.15, -0.1) is 12.6 Å². The number of hydrogen-bond donors (Lipinski definition) is 3. The molecule has 1 aromatic heterocycles. The van der Waals surface area contributed by atoms with Gasteiger partial charge in [-0.05, 0) is 24.6 Å². The second kappa shape index (κ2) is 8.73. The Hall–Kier alpha value is -1.31. The van der Waals surface area contributed by atoms with Crippen molar-refractivity contribution in [2.24, 2.45) is 0 Å². The van der Waals surface area contributed by atoms with Crippen molar-refractivity contribution in [3.8, 4) is 0 Å². The van der Waals surface area contributed by atoms with Crippen LogP contribution in [-0.2, 0) is 6.54 Å². The SMILES string of the molecule is O=[N+]([O-])/C=C(\S)NCCCNCc1ccc(Cl)nc1. The monoisotopic (exact) mass is 302 g/mol. The van der Waals surface area contributed by atoms with Gasteiger partial charge in [0, 0.05) is 19.3 Å². The maximum Gasteiger partial charge on any atom is 0.263 e. The van der Waals surface area contributed by atoms with Gasteiger partial charge in [-0.25, -0.2) is 4.98 Å². The number of nitro groups is 1. The maximum absolute atomic E-state index is 10.1. The standard InChI is InChI=1S/C11H15ClN4O2S/c12-10-3-2-9(7-15-10)6-13-4-1-5-14-11(19)8-16(17)18/h2-3,7-8,13-14,19H,1,4-6H2/b11-8-. The van der Waals surface area contributed by atoms with E-state index in [2.05, 4.69) is 28.2 Å². The summed E-state index contributed by atoms with van der Waals surface area (Å²) in [5.74, 6) is 0. The topological polar surface area (TPSA) is 80.1 Å². The quantitative estimate of drug-likeness (QED) is 0.224. The molecule has 0 aromatic carbocycles. The molecule has 1 aromatic rings. The van der Waals surface area contributed by atoms with Crippen LogP contribution in [0.2, 0.25) is 5.15 Å². The highest BCUT2D eigenvalue weighted by molar-refractivity contribution is 7.84. The van der Waals surface area contributed by atoms with Crippen LogP contribution < -0.4 is 10.6 Å². The summed E-state index contributed by atoms with van der Waals surface area (Å²) in [6.45, 7) is 2.12. The van der Waals surface area contributed by atoms with Gasteiger partial charge in [0.1, 0.15) is 10.2 Å². The summed E-state index contributed by atoms with van der Waals surface area (Å²) in [6, 6.07) is 3.65. The number of rotatable bonds is 8. The van der Waals surface area contributed by atoms with E-state index in [0.717, 1.165) is 24.7 Å². The van der Waals surface area contributed by atoms with E-state index in [1.165, 1.54) is 0 Å². The number of nitrogens with one attached hydrogen (secondary N) is 2. The molecule has 0 radical (unpaired) electrons. The minimum Gasteiger partial charge on any atom is -0.375 e. The molecule has 104 valence electrons. The van der Waals surface area contributed by atoms with Crippen molar-refractivity contribution in [1.29, 1.82) is 0 Å². The Bertz CT molecular complexity index is 439. The summed E-state index contributed by atoms with van der Waals surface area (Å²) in [4.78, 5) is 13.6. The van der Waals surface area contributed by atoms with Gasteiger partial charge < -0.3 is 10.6 Å². The lowest BCUT2D eigenvalue weighted by Crippen LogP contribution is -2.20. The van der Waals surface area contributed by atoms with Crippen molar-refractivity contribution >= 4 is 24.2 Å². The number of aromatic nitrogens is 1. The highest BCUT2D eigenvalue weighted by Crippen LogP contribution is 2.04. The zero-order valence-electron chi connectivity index (χ0n) is 10.2. The highest BCUT2D eigenvalue weighted by atomic mass is 35.5. The van der Waals surface area contributed by atoms with E-state index in [1.807, 2.05) is 6.07 Å². The van der Waals surface area contributed by atoms with Crippen LogP contribution >= 0.6 is 24.2 Å². The number of halogens is 1. The molecule has 0 aliphatic carbocycles.